The third-order valence-electron chi connectivity index (χ3n) is 6.61. The average molecular weight is 498 g/mol. The average Bonchev–Trinajstić information content (AvgIpc) is 3.24. The SMILES string of the molecule is Cc1cc(C)c(Cc2csc(N3CCN(S(=O)(=O)c4ccc(C(C)(C)C)cc4)CC3)n2)c(C)c1. The second-order valence-corrected chi connectivity index (χ2v) is 13.1. The number of rotatable bonds is 5. The molecular formula is C27H35N3O2S2. The van der Waals surface area contributed by atoms with E-state index in [1.165, 1.54) is 22.3 Å². The molecule has 1 saturated heterocycles. The third kappa shape index (κ3) is 5.21. The molecule has 0 saturated carbocycles. The molecule has 1 aliphatic rings. The zero-order valence-corrected chi connectivity index (χ0v) is 22.7. The fourth-order valence-electron chi connectivity index (χ4n) is 4.59. The Morgan fingerprint density at radius 1 is 0.941 bits per heavy atom. The highest BCUT2D eigenvalue weighted by Crippen LogP contribution is 2.28. The van der Waals surface area contributed by atoms with Crippen molar-refractivity contribution in [3.05, 3.63) is 75.3 Å². The van der Waals surface area contributed by atoms with Crippen LogP contribution in [0.5, 0.6) is 0 Å². The van der Waals surface area contributed by atoms with Gasteiger partial charge in [0, 0.05) is 38.0 Å². The number of anilines is 1. The summed E-state index contributed by atoms with van der Waals surface area (Å²) in [6.45, 7) is 15.1. The number of nitrogens with zero attached hydrogens (tertiary/aromatic N) is 3. The summed E-state index contributed by atoms with van der Waals surface area (Å²) >= 11 is 1.65. The molecule has 5 nitrogen and oxygen atoms in total. The molecule has 3 aromatic rings. The fourth-order valence-corrected chi connectivity index (χ4v) is 6.89. The van der Waals surface area contributed by atoms with Crippen molar-refractivity contribution in [3.63, 3.8) is 0 Å². The van der Waals surface area contributed by atoms with Gasteiger partial charge in [-0.3, -0.25) is 0 Å². The molecule has 2 heterocycles. The van der Waals surface area contributed by atoms with E-state index in [1.54, 1.807) is 27.8 Å². The zero-order chi connectivity index (χ0) is 24.7. The molecule has 182 valence electrons. The topological polar surface area (TPSA) is 53.5 Å². The van der Waals surface area contributed by atoms with Gasteiger partial charge in [0.15, 0.2) is 5.13 Å². The lowest BCUT2D eigenvalue weighted by Gasteiger charge is -2.33. The Kier molecular flexibility index (Phi) is 6.91. The predicted octanol–water partition coefficient (Wildman–Crippen LogP) is 5.47. The molecule has 0 bridgehead atoms. The van der Waals surface area contributed by atoms with Gasteiger partial charge in [0.2, 0.25) is 10.0 Å². The lowest BCUT2D eigenvalue weighted by molar-refractivity contribution is 0.384. The second-order valence-electron chi connectivity index (χ2n) is 10.3. The van der Waals surface area contributed by atoms with Crippen LogP contribution < -0.4 is 4.90 Å². The summed E-state index contributed by atoms with van der Waals surface area (Å²) < 4.78 is 28.0. The molecule has 4 rings (SSSR count). The van der Waals surface area contributed by atoms with E-state index in [4.69, 9.17) is 4.98 Å². The minimum absolute atomic E-state index is 0.00265. The van der Waals surface area contributed by atoms with Crippen molar-refractivity contribution in [2.75, 3.05) is 31.1 Å². The first-order valence-corrected chi connectivity index (χ1v) is 14.1. The van der Waals surface area contributed by atoms with Crippen molar-refractivity contribution in [1.82, 2.24) is 9.29 Å². The number of aryl methyl sites for hydroxylation is 3. The molecule has 7 heteroatoms. The van der Waals surface area contributed by atoms with Crippen LogP contribution in [0.15, 0.2) is 46.7 Å². The van der Waals surface area contributed by atoms with E-state index >= 15 is 0 Å². The Labute approximate surface area is 208 Å². The van der Waals surface area contributed by atoms with Crippen LogP contribution in [-0.2, 0) is 21.9 Å². The lowest BCUT2D eigenvalue weighted by Crippen LogP contribution is -2.48. The smallest absolute Gasteiger partial charge is 0.243 e. The van der Waals surface area contributed by atoms with Crippen molar-refractivity contribution in [2.45, 2.75) is 58.3 Å². The number of aromatic nitrogens is 1. The lowest BCUT2D eigenvalue weighted by atomic mass is 9.87. The van der Waals surface area contributed by atoms with Gasteiger partial charge in [0.05, 0.1) is 10.6 Å². The maximum Gasteiger partial charge on any atom is 0.243 e. The maximum atomic E-state index is 13.2. The standard InChI is InChI=1S/C27H35N3O2S2/c1-19-15-20(2)25(21(3)16-19)17-23-18-33-26(28-23)29-11-13-30(14-12-29)34(31,32)24-9-7-22(8-10-24)27(4,5)6/h7-10,15-16,18H,11-14,17H2,1-6H3. The predicted molar refractivity (Wildman–Crippen MR) is 142 cm³/mol. The fraction of sp³-hybridized carbons (Fsp3) is 0.444. The molecule has 34 heavy (non-hydrogen) atoms. The maximum absolute atomic E-state index is 13.2. The first-order valence-electron chi connectivity index (χ1n) is 11.8. The molecule has 0 aliphatic carbocycles. The van der Waals surface area contributed by atoms with E-state index in [0.29, 0.717) is 31.1 Å². The van der Waals surface area contributed by atoms with E-state index < -0.39 is 10.0 Å². The Balaban J connectivity index is 1.41. The van der Waals surface area contributed by atoms with Crippen LogP contribution >= 0.6 is 11.3 Å². The number of hydrogen-bond donors (Lipinski definition) is 0. The van der Waals surface area contributed by atoms with Crippen molar-refractivity contribution >= 4 is 26.5 Å². The Bertz CT molecular complexity index is 1240. The van der Waals surface area contributed by atoms with Crippen molar-refractivity contribution in [1.29, 1.82) is 0 Å². The highest BCUT2D eigenvalue weighted by Gasteiger charge is 2.29. The van der Waals surface area contributed by atoms with Gasteiger partial charge in [-0.15, -0.1) is 11.3 Å². The van der Waals surface area contributed by atoms with E-state index in [2.05, 4.69) is 64.0 Å². The van der Waals surface area contributed by atoms with Gasteiger partial charge in [-0.2, -0.15) is 4.31 Å². The normalized spacial score (nSPS) is 15.6. The molecule has 1 aliphatic heterocycles. The van der Waals surface area contributed by atoms with Crippen molar-refractivity contribution in [2.24, 2.45) is 0 Å². The second kappa shape index (κ2) is 9.44. The van der Waals surface area contributed by atoms with Gasteiger partial charge < -0.3 is 4.90 Å². The van der Waals surface area contributed by atoms with Crippen molar-refractivity contribution < 1.29 is 8.42 Å². The number of benzene rings is 2. The zero-order valence-electron chi connectivity index (χ0n) is 21.1. The van der Waals surface area contributed by atoms with E-state index in [-0.39, 0.29) is 5.41 Å². The van der Waals surface area contributed by atoms with Gasteiger partial charge in [0.1, 0.15) is 0 Å². The minimum Gasteiger partial charge on any atom is -0.345 e. The molecule has 0 unspecified atom stereocenters. The summed E-state index contributed by atoms with van der Waals surface area (Å²) in [6, 6.07) is 11.8. The van der Waals surface area contributed by atoms with E-state index in [9.17, 15) is 8.42 Å². The molecular weight excluding hydrogens is 462 g/mol. The highest BCUT2D eigenvalue weighted by molar-refractivity contribution is 7.89. The van der Waals surface area contributed by atoms with Crippen LogP contribution in [0.1, 0.15) is 54.3 Å². The molecule has 0 spiro atoms. The summed E-state index contributed by atoms with van der Waals surface area (Å²) in [4.78, 5) is 7.46. The number of thiazole rings is 1. The molecule has 1 aromatic heterocycles. The number of hydrogen-bond acceptors (Lipinski definition) is 5. The van der Waals surface area contributed by atoms with Crippen LogP contribution in [-0.4, -0.2) is 43.9 Å². The third-order valence-corrected chi connectivity index (χ3v) is 9.47. The van der Waals surface area contributed by atoms with Crippen LogP contribution in [0.3, 0.4) is 0 Å². The van der Waals surface area contributed by atoms with Crippen LogP contribution in [0.25, 0.3) is 0 Å². The molecule has 0 amide bonds. The summed E-state index contributed by atoms with van der Waals surface area (Å²) in [5.74, 6) is 0. The summed E-state index contributed by atoms with van der Waals surface area (Å²) in [7, 11) is -3.49. The quantitative estimate of drug-likeness (QED) is 0.469. The molecule has 0 radical (unpaired) electrons. The number of piperazine rings is 1. The van der Waals surface area contributed by atoms with Crippen LogP contribution in [0.2, 0.25) is 0 Å². The van der Waals surface area contributed by atoms with Gasteiger partial charge in [-0.25, -0.2) is 13.4 Å². The van der Waals surface area contributed by atoms with Gasteiger partial charge in [-0.1, -0.05) is 50.6 Å². The first-order chi connectivity index (χ1) is 15.9. The Hall–Kier alpha value is -2.22. The Morgan fingerprint density at radius 3 is 2.09 bits per heavy atom. The Morgan fingerprint density at radius 2 is 1.53 bits per heavy atom. The molecule has 0 N–H and O–H groups in total. The molecule has 1 fully saturated rings. The largest absolute Gasteiger partial charge is 0.345 e. The summed E-state index contributed by atoms with van der Waals surface area (Å²) in [5, 5.41) is 3.11. The molecule has 0 atom stereocenters. The van der Waals surface area contributed by atoms with E-state index in [1.807, 2.05) is 12.1 Å². The van der Waals surface area contributed by atoms with Crippen LogP contribution in [0, 0.1) is 20.8 Å². The van der Waals surface area contributed by atoms with Gasteiger partial charge in [0.25, 0.3) is 0 Å². The first kappa shape index (κ1) is 24.9. The summed E-state index contributed by atoms with van der Waals surface area (Å²) in [6.07, 6.45) is 0.827. The monoisotopic (exact) mass is 497 g/mol. The van der Waals surface area contributed by atoms with Crippen LogP contribution in [0.4, 0.5) is 5.13 Å². The highest BCUT2D eigenvalue weighted by atomic mass is 32.2. The van der Waals surface area contributed by atoms with Crippen molar-refractivity contribution in [3.8, 4) is 0 Å². The van der Waals surface area contributed by atoms with Gasteiger partial charge in [-0.05, 0) is 60.6 Å². The van der Waals surface area contributed by atoms with Gasteiger partial charge >= 0.3 is 0 Å². The minimum atomic E-state index is -3.49. The molecule has 2 aromatic carbocycles. The van der Waals surface area contributed by atoms with E-state index in [0.717, 1.165) is 22.8 Å². The number of sulfonamides is 1. The summed E-state index contributed by atoms with van der Waals surface area (Å²) in [5.41, 5.74) is 7.45.